The fourth-order valence-corrected chi connectivity index (χ4v) is 5.84. The van der Waals surface area contributed by atoms with E-state index in [9.17, 15) is 17.6 Å². The van der Waals surface area contributed by atoms with E-state index in [0.29, 0.717) is 32.7 Å². The molecule has 4 fully saturated rings. The van der Waals surface area contributed by atoms with Crippen LogP contribution in [-0.2, 0) is 14.2 Å². The van der Waals surface area contributed by atoms with Gasteiger partial charge in [0.1, 0.15) is 11.6 Å². The second kappa shape index (κ2) is 10.8. The number of halogens is 6. The largest absolute Gasteiger partial charge is 0.457 e. The van der Waals surface area contributed by atoms with Crippen molar-refractivity contribution in [2.24, 2.45) is 17.3 Å². The number of alkyl halides is 3. The van der Waals surface area contributed by atoms with Gasteiger partial charge in [-0.2, -0.15) is 8.78 Å². The molecule has 3 aliphatic heterocycles. The second-order valence-electron chi connectivity index (χ2n) is 10.6. The van der Waals surface area contributed by atoms with Gasteiger partial charge in [-0.3, -0.25) is 0 Å². The van der Waals surface area contributed by atoms with E-state index in [-0.39, 0.29) is 35.3 Å². The minimum Gasteiger partial charge on any atom is -0.457 e. The first kappa shape index (κ1) is 28.0. The van der Waals surface area contributed by atoms with Crippen molar-refractivity contribution in [3.8, 4) is 22.6 Å². The second-order valence-corrected chi connectivity index (χ2v) is 10.6. The van der Waals surface area contributed by atoms with Crippen molar-refractivity contribution in [1.82, 2.24) is 0 Å². The van der Waals surface area contributed by atoms with Crippen LogP contribution in [0.2, 0.25) is 0 Å². The highest BCUT2D eigenvalue weighted by Crippen LogP contribution is 2.50. The van der Waals surface area contributed by atoms with Crippen molar-refractivity contribution in [3.63, 3.8) is 0 Å². The van der Waals surface area contributed by atoms with Crippen molar-refractivity contribution >= 4 is 0 Å². The van der Waals surface area contributed by atoms with Crippen LogP contribution >= 0.6 is 0 Å². The number of rotatable bonds is 9. The topological polar surface area (TPSA) is 46.2 Å². The molecule has 39 heavy (non-hydrogen) atoms. The number of hydrogen-bond donors (Lipinski definition) is 0. The van der Waals surface area contributed by atoms with Crippen LogP contribution in [0.4, 0.5) is 26.3 Å². The lowest BCUT2D eigenvalue weighted by atomic mass is 9.77. The highest BCUT2D eigenvalue weighted by atomic mass is 19.3. The number of fused-ring (bicyclic) bond motifs is 3. The lowest BCUT2D eigenvalue weighted by Crippen LogP contribution is -2.63. The quantitative estimate of drug-likeness (QED) is 0.300. The minimum atomic E-state index is -3.59. The summed E-state index contributed by atoms with van der Waals surface area (Å²) in [5, 5.41) is 0. The zero-order valence-corrected chi connectivity index (χ0v) is 21.4. The van der Waals surface area contributed by atoms with Gasteiger partial charge < -0.3 is 23.7 Å². The Bertz CT molecular complexity index is 1140. The van der Waals surface area contributed by atoms with Crippen LogP contribution in [0.1, 0.15) is 45.4 Å². The van der Waals surface area contributed by atoms with E-state index in [1.165, 1.54) is 0 Å². The molecule has 11 heteroatoms. The van der Waals surface area contributed by atoms with Crippen LogP contribution in [0.3, 0.4) is 0 Å². The van der Waals surface area contributed by atoms with Crippen LogP contribution < -0.4 is 9.47 Å². The van der Waals surface area contributed by atoms with E-state index in [4.69, 9.17) is 18.9 Å². The van der Waals surface area contributed by atoms with Crippen molar-refractivity contribution in [1.29, 1.82) is 0 Å². The van der Waals surface area contributed by atoms with Crippen LogP contribution in [0.15, 0.2) is 30.3 Å². The first-order valence-corrected chi connectivity index (χ1v) is 13.1. The zero-order chi connectivity index (χ0) is 27.8. The molecule has 0 aromatic heterocycles. The predicted molar refractivity (Wildman–Crippen MR) is 127 cm³/mol. The molecule has 2 aromatic rings. The van der Waals surface area contributed by atoms with Crippen molar-refractivity contribution in [2.75, 3.05) is 26.7 Å². The van der Waals surface area contributed by atoms with Gasteiger partial charge in [0.2, 0.25) is 6.86 Å². The normalized spacial score (nSPS) is 28.9. The molecule has 1 saturated carbocycles. The highest BCUT2D eigenvalue weighted by Gasteiger charge is 2.57. The van der Waals surface area contributed by atoms with Gasteiger partial charge in [0.25, 0.3) is 5.97 Å². The van der Waals surface area contributed by atoms with Crippen LogP contribution in [0, 0.1) is 34.7 Å². The van der Waals surface area contributed by atoms with Crippen molar-refractivity contribution < 1.29 is 50.0 Å². The summed E-state index contributed by atoms with van der Waals surface area (Å²) < 4.78 is 113. The number of hydrogen-bond acceptors (Lipinski definition) is 5. The molecule has 0 unspecified atom stereocenters. The maximum Gasteiger partial charge on any atom is 0.400 e. The van der Waals surface area contributed by atoms with Crippen molar-refractivity contribution in [2.45, 2.75) is 57.5 Å². The minimum absolute atomic E-state index is 0.127. The molecule has 0 atom stereocenters. The summed E-state index contributed by atoms with van der Waals surface area (Å²) in [5.74, 6) is -7.35. The standard InChI is InChI=1S/C28H30F6O5/c1-2-9-26-13-36-28(37-14-26,38-15-26)19-5-3-18(4-6-19)27(33,34)39-20-7-8-21(22(30)12-20)17-10-23(31)25(35-16-29)24(32)11-17/h7-8,10-12,18-19H,2-6,9,13-16H2,1H3. The van der Waals surface area contributed by atoms with E-state index in [0.717, 1.165) is 43.2 Å². The molecule has 5 nitrogen and oxygen atoms in total. The maximum absolute atomic E-state index is 15.1. The summed E-state index contributed by atoms with van der Waals surface area (Å²) in [6.45, 7) is 2.22. The third-order valence-electron chi connectivity index (χ3n) is 7.92. The van der Waals surface area contributed by atoms with E-state index in [2.05, 4.69) is 11.7 Å². The Balaban J connectivity index is 1.21. The van der Waals surface area contributed by atoms with Gasteiger partial charge in [0.15, 0.2) is 17.4 Å². The molecule has 0 amide bonds. The molecule has 214 valence electrons. The molecular formula is C28H30F6O5. The number of benzene rings is 2. The maximum atomic E-state index is 15.1. The summed E-state index contributed by atoms with van der Waals surface area (Å²) in [5.41, 5.74) is -0.610. The van der Waals surface area contributed by atoms with Gasteiger partial charge in [-0.1, -0.05) is 13.3 Å². The van der Waals surface area contributed by atoms with Gasteiger partial charge in [0, 0.05) is 23.0 Å². The van der Waals surface area contributed by atoms with Crippen molar-refractivity contribution in [3.05, 3.63) is 47.8 Å². The fraction of sp³-hybridized carbons (Fsp3) is 0.571. The summed E-state index contributed by atoms with van der Waals surface area (Å²) in [7, 11) is 0. The summed E-state index contributed by atoms with van der Waals surface area (Å²) >= 11 is 0. The first-order chi connectivity index (χ1) is 18.6. The molecule has 0 radical (unpaired) electrons. The summed E-state index contributed by atoms with van der Waals surface area (Å²) in [6.07, 6.45) is -0.649. The average Bonchev–Trinajstić information content (AvgIpc) is 2.92. The molecule has 2 aromatic carbocycles. The van der Waals surface area contributed by atoms with Gasteiger partial charge in [0.05, 0.1) is 25.7 Å². The summed E-state index contributed by atoms with van der Waals surface area (Å²) in [4.78, 5) is 0. The molecule has 0 N–H and O–H groups in total. The van der Waals surface area contributed by atoms with Gasteiger partial charge >= 0.3 is 6.11 Å². The fourth-order valence-electron chi connectivity index (χ4n) is 5.84. The van der Waals surface area contributed by atoms with E-state index in [1.54, 1.807) is 0 Å². The lowest BCUT2D eigenvalue weighted by molar-refractivity contribution is -0.489. The molecule has 4 aliphatic rings. The summed E-state index contributed by atoms with van der Waals surface area (Å²) in [6, 6.07) is 4.44. The van der Waals surface area contributed by atoms with E-state index in [1.807, 2.05) is 0 Å². The Morgan fingerprint density at radius 3 is 2.05 bits per heavy atom. The average molecular weight is 561 g/mol. The van der Waals surface area contributed by atoms with Crippen LogP contribution in [0.5, 0.6) is 11.5 Å². The Morgan fingerprint density at radius 2 is 1.51 bits per heavy atom. The smallest absolute Gasteiger partial charge is 0.400 e. The molecule has 0 spiro atoms. The third kappa shape index (κ3) is 5.45. The molecule has 6 rings (SSSR count). The Hall–Kier alpha value is -2.50. The van der Waals surface area contributed by atoms with E-state index >= 15 is 8.78 Å². The predicted octanol–water partition coefficient (Wildman–Crippen LogP) is 7.37. The molecule has 3 heterocycles. The monoisotopic (exact) mass is 560 g/mol. The van der Waals surface area contributed by atoms with Gasteiger partial charge in [-0.25, -0.2) is 17.6 Å². The highest BCUT2D eigenvalue weighted by molar-refractivity contribution is 5.66. The third-order valence-corrected chi connectivity index (χ3v) is 7.92. The number of ether oxygens (including phenoxy) is 5. The SMILES string of the molecule is CCCC12COC(C3CCC(C(F)(F)Oc4ccc(-c5cc(F)c(OCF)c(F)c5)c(F)c4)CC3)(OC1)OC2. The zero-order valence-electron chi connectivity index (χ0n) is 21.4. The van der Waals surface area contributed by atoms with Gasteiger partial charge in [-0.05, 0) is 61.9 Å². The Kier molecular flexibility index (Phi) is 7.78. The lowest BCUT2D eigenvalue weighted by Gasteiger charge is -2.55. The van der Waals surface area contributed by atoms with Crippen LogP contribution in [-0.4, -0.2) is 38.8 Å². The molecular weight excluding hydrogens is 530 g/mol. The molecule has 1 aliphatic carbocycles. The molecule has 3 saturated heterocycles. The Morgan fingerprint density at radius 1 is 0.897 bits per heavy atom. The van der Waals surface area contributed by atoms with Gasteiger partial charge in [-0.15, -0.1) is 0 Å². The first-order valence-electron chi connectivity index (χ1n) is 13.1. The Labute approximate surface area is 222 Å². The molecule has 2 bridgehead atoms. The van der Waals surface area contributed by atoms with Crippen LogP contribution in [0.25, 0.3) is 11.1 Å². The van der Waals surface area contributed by atoms with E-state index < -0.39 is 53.8 Å².